The summed E-state index contributed by atoms with van der Waals surface area (Å²) in [5.74, 6) is 0.0345. The zero-order chi connectivity index (χ0) is 14.0. The molecule has 0 rings (SSSR count). The van der Waals surface area contributed by atoms with Gasteiger partial charge in [-0.3, -0.25) is 9.59 Å². The molecule has 0 spiro atoms. The van der Waals surface area contributed by atoms with Gasteiger partial charge in [-0.05, 0) is 38.8 Å². The molecule has 2 amide bonds. The van der Waals surface area contributed by atoms with Gasteiger partial charge in [-0.15, -0.1) is 0 Å². The third-order valence-electron chi connectivity index (χ3n) is 2.94. The quantitative estimate of drug-likeness (QED) is 0.416. The summed E-state index contributed by atoms with van der Waals surface area (Å²) in [4.78, 5) is 22.4. The second-order valence-electron chi connectivity index (χ2n) is 4.61. The van der Waals surface area contributed by atoms with E-state index >= 15 is 0 Å². The molecule has 0 fully saturated rings. The Morgan fingerprint density at radius 1 is 1.22 bits per heavy atom. The maximum Gasteiger partial charge on any atom is 0.237 e. The van der Waals surface area contributed by atoms with E-state index in [2.05, 4.69) is 17.6 Å². The number of amides is 2. The van der Waals surface area contributed by atoms with E-state index in [4.69, 9.17) is 11.5 Å². The SMILES string of the molecule is CNC(CCC(N)=O)C(=O)NCCC(C)CCN. The molecule has 0 aromatic heterocycles. The first-order valence-electron chi connectivity index (χ1n) is 6.44. The van der Waals surface area contributed by atoms with Gasteiger partial charge in [-0.1, -0.05) is 6.92 Å². The summed E-state index contributed by atoms with van der Waals surface area (Å²) in [6, 6.07) is -0.359. The molecule has 0 aliphatic heterocycles. The van der Waals surface area contributed by atoms with Crippen LogP contribution in [0.15, 0.2) is 0 Å². The lowest BCUT2D eigenvalue weighted by Gasteiger charge is -2.16. The molecule has 0 radical (unpaired) electrons. The summed E-state index contributed by atoms with van der Waals surface area (Å²) in [6.07, 6.45) is 2.51. The predicted molar refractivity (Wildman–Crippen MR) is 71.7 cm³/mol. The zero-order valence-electron chi connectivity index (χ0n) is 11.4. The van der Waals surface area contributed by atoms with Gasteiger partial charge in [-0.2, -0.15) is 0 Å². The zero-order valence-corrected chi connectivity index (χ0v) is 11.4. The Bertz CT molecular complexity index is 258. The molecule has 0 saturated carbocycles. The van der Waals surface area contributed by atoms with E-state index in [-0.39, 0.29) is 24.3 Å². The van der Waals surface area contributed by atoms with Gasteiger partial charge >= 0.3 is 0 Å². The molecule has 2 atom stereocenters. The van der Waals surface area contributed by atoms with Crippen LogP contribution in [0.3, 0.4) is 0 Å². The lowest BCUT2D eigenvalue weighted by atomic mass is 10.0. The Morgan fingerprint density at radius 2 is 1.89 bits per heavy atom. The third kappa shape index (κ3) is 8.03. The average Bonchev–Trinajstić information content (AvgIpc) is 2.29. The lowest BCUT2D eigenvalue weighted by molar-refractivity contribution is -0.123. The van der Waals surface area contributed by atoms with Crippen LogP contribution in [-0.2, 0) is 9.59 Å². The standard InChI is InChI=1S/C12H26N4O2/c1-9(5-7-13)6-8-16-12(18)10(15-2)3-4-11(14)17/h9-10,15H,3-8,13H2,1-2H3,(H2,14,17)(H,16,18). The Labute approximate surface area is 109 Å². The summed E-state index contributed by atoms with van der Waals surface area (Å²) in [7, 11) is 1.70. The molecule has 0 heterocycles. The Hall–Kier alpha value is -1.14. The van der Waals surface area contributed by atoms with Crippen molar-refractivity contribution >= 4 is 11.8 Å². The summed E-state index contributed by atoms with van der Waals surface area (Å²) in [5, 5.41) is 5.73. The van der Waals surface area contributed by atoms with Crippen molar-refractivity contribution in [2.75, 3.05) is 20.1 Å². The maximum atomic E-state index is 11.8. The molecule has 0 saturated heterocycles. The monoisotopic (exact) mass is 258 g/mol. The molecular weight excluding hydrogens is 232 g/mol. The van der Waals surface area contributed by atoms with Crippen LogP contribution in [0.5, 0.6) is 0 Å². The van der Waals surface area contributed by atoms with Gasteiger partial charge in [0, 0.05) is 13.0 Å². The highest BCUT2D eigenvalue weighted by molar-refractivity contribution is 5.82. The molecule has 0 bridgehead atoms. The van der Waals surface area contributed by atoms with Crippen LogP contribution in [-0.4, -0.2) is 38.0 Å². The van der Waals surface area contributed by atoms with Crippen molar-refractivity contribution in [3.8, 4) is 0 Å². The molecule has 6 N–H and O–H groups in total. The second-order valence-corrected chi connectivity index (χ2v) is 4.61. The smallest absolute Gasteiger partial charge is 0.237 e. The van der Waals surface area contributed by atoms with Gasteiger partial charge < -0.3 is 22.1 Å². The van der Waals surface area contributed by atoms with E-state index in [1.54, 1.807) is 7.05 Å². The van der Waals surface area contributed by atoms with Crippen molar-refractivity contribution in [1.82, 2.24) is 10.6 Å². The van der Waals surface area contributed by atoms with E-state index in [0.29, 0.717) is 25.4 Å². The van der Waals surface area contributed by atoms with Gasteiger partial charge in [0.25, 0.3) is 0 Å². The third-order valence-corrected chi connectivity index (χ3v) is 2.94. The van der Waals surface area contributed by atoms with Crippen molar-refractivity contribution in [1.29, 1.82) is 0 Å². The van der Waals surface area contributed by atoms with Crippen LogP contribution >= 0.6 is 0 Å². The molecule has 0 aliphatic rings. The number of carbonyl (C=O) groups is 2. The molecule has 2 unspecified atom stereocenters. The first-order valence-corrected chi connectivity index (χ1v) is 6.44. The number of carbonyl (C=O) groups excluding carboxylic acids is 2. The van der Waals surface area contributed by atoms with Crippen LogP contribution in [0.1, 0.15) is 32.6 Å². The summed E-state index contributed by atoms with van der Waals surface area (Å²) < 4.78 is 0. The van der Waals surface area contributed by atoms with Crippen LogP contribution < -0.4 is 22.1 Å². The van der Waals surface area contributed by atoms with Gasteiger partial charge in [0.05, 0.1) is 6.04 Å². The molecule has 18 heavy (non-hydrogen) atoms. The van der Waals surface area contributed by atoms with Crippen molar-refractivity contribution < 1.29 is 9.59 Å². The molecular formula is C12H26N4O2. The van der Waals surface area contributed by atoms with Crippen molar-refractivity contribution in [2.24, 2.45) is 17.4 Å². The number of hydrogen-bond acceptors (Lipinski definition) is 4. The highest BCUT2D eigenvalue weighted by Gasteiger charge is 2.16. The minimum atomic E-state index is -0.389. The van der Waals surface area contributed by atoms with Crippen LogP contribution in [0.25, 0.3) is 0 Å². The normalized spacial score (nSPS) is 13.9. The van der Waals surface area contributed by atoms with E-state index in [1.165, 1.54) is 0 Å². The first kappa shape index (κ1) is 16.9. The van der Waals surface area contributed by atoms with Gasteiger partial charge in [0.2, 0.25) is 11.8 Å². The van der Waals surface area contributed by atoms with Crippen molar-refractivity contribution in [3.63, 3.8) is 0 Å². The summed E-state index contributed by atoms with van der Waals surface area (Å²) in [5.41, 5.74) is 10.5. The molecule has 0 aromatic rings. The summed E-state index contributed by atoms with van der Waals surface area (Å²) >= 11 is 0. The number of primary amides is 1. The first-order chi connectivity index (χ1) is 8.51. The predicted octanol–water partition coefficient (Wildman–Crippen LogP) is -0.669. The Morgan fingerprint density at radius 3 is 2.39 bits per heavy atom. The number of likely N-dealkylation sites (N-methyl/N-ethyl adjacent to an activating group) is 1. The Balaban J connectivity index is 3.86. The number of nitrogens with one attached hydrogen (secondary N) is 2. The van der Waals surface area contributed by atoms with Crippen molar-refractivity contribution in [3.05, 3.63) is 0 Å². The van der Waals surface area contributed by atoms with E-state index in [9.17, 15) is 9.59 Å². The average molecular weight is 258 g/mol. The van der Waals surface area contributed by atoms with Crippen molar-refractivity contribution in [2.45, 2.75) is 38.6 Å². The fourth-order valence-electron chi connectivity index (χ4n) is 1.69. The largest absolute Gasteiger partial charge is 0.370 e. The fraction of sp³-hybridized carbons (Fsp3) is 0.833. The van der Waals surface area contributed by atoms with Crippen LogP contribution in [0.4, 0.5) is 0 Å². The minimum Gasteiger partial charge on any atom is -0.370 e. The molecule has 6 heteroatoms. The van der Waals surface area contributed by atoms with Gasteiger partial charge in [0.1, 0.15) is 0 Å². The molecule has 0 aromatic carbocycles. The van der Waals surface area contributed by atoms with E-state index in [1.807, 2.05) is 0 Å². The lowest BCUT2D eigenvalue weighted by Crippen LogP contribution is -2.43. The molecule has 106 valence electrons. The highest BCUT2D eigenvalue weighted by atomic mass is 16.2. The van der Waals surface area contributed by atoms with Crippen LogP contribution in [0.2, 0.25) is 0 Å². The fourth-order valence-corrected chi connectivity index (χ4v) is 1.69. The number of rotatable bonds is 10. The molecule has 6 nitrogen and oxygen atoms in total. The van der Waals surface area contributed by atoms with Gasteiger partial charge in [-0.25, -0.2) is 0 Å². The highest BCUT2D eigenvalue weighted by Crippen LogP contribution is 2.04. The van der Waals surface area contributed by atoms with Crippen LogP contribution in [0, 0.1) is 5.92 Å². The number of nitrogens with two attached hydrogens (primary N) is 2. The minimum absolute atomic E-state index is 0.0845. The number of hydrogen-bond donors (Lipinski definition) is 4. The second kappa shape index (κ2) is 9.85. The van der Waals surface area contributed by atoms with E-state index < -0.39 is 0 Å². The Kier molecular flexibility index (Phi) is 9.22. The topological polar surface area (TPSA) is 110 Å². The summed E-state index contributed by atoms with van der Waals surface area (Å²) in [6.45, 7) is 3.42. The molecule has 0 aliphatic carbocycles. The van der Waals surface area contributed by atoms with Gasteiger partial charge in [0.15, 0.2) is 0 Å². The maximum absolute atomic E-state index is 11.8. The van der Waals surface area contributed by atoms with E-state index in [0.717, 1.165) is 12.8 Å².